The van der Waals surface area contributed by atoms with Crippen molar-refractivity contribution in [2.24, 2.45) is 5.92 Å². The number of anilines is 1. The van der Waals surface area contributed by atoms with E-state index in [4.69, 9.17) is 0 Å². The average Bonchev–Trinajstić information content (AvgIpc) is 3.24. The van der Waals surface area contributed by atoms with Crippen molar-refractivity contribution in [3.05, 3.63) is 43.0 Å². The van der Waals surface area contributed by atoms with Gasteiger partial charge in [-0.05, 0) is 43.4 Å². The standard InChI is InChI=1S/C18H22N4O.2ClH/c23-18(17-10-13-4-1-2-7-16(13)21-17)20-14-5-3-6-15(11-14)22-9-8-19-12-22;;/h3,5-6,8-9,11-13,16-17,21H,1-2,4,7,10H2,(H,20,23);2*1H. The van der Waals surface area contributed by atoms with Crippen molar-refractivity contribution < 1.29 is 4.79 Å². The summed E-state index contributed by atoms with van der Waals surface area (Å²) < 4.78 is 1.93. The van der Waals surface area contributed by atoms with E-state index < -0.39 is 0 Å². The lowest BCUT2D eigenvalue weighted by Gasteiger charge is -2.24. The first-order valence-electron chi connectivity index (χ1n) is 8.45. The molecule has 1 amide bonds. The van der Waals surface area contributed by atoms with Crippen molar-refractivity contribution in [1.82, 2.24) is 14.9 Å². The number of carbonyl (C=O) groups excluding carboxylic acids is 1. The number of nitrogens with one attached hydrogen (secondary N) is 2. The summed E-state index contributed by atoms with van der Waals surface area (Å²) in [7, 11) is 0. The molecule has 1 saturated carbocycles. The van der Waals surface area contributed by atoms with Gasteiger partial charge in [0.25, 0.3) is 0 Å². The Balaban J connectivity index is 0.00000113. The fourth-order valence-corrected chi connectivity index (χ4v) is 3.91. The number of benzene rings is 1. The van der Waals surface area contributed by atoms with Gasteiger partial charge < -0.3 is 15.2 Å². The molecule has 1 aliphatic carbocycles. The summed E-state index contributed by atoms with van der Waals surface area (Å²) >= 11 is 0. The normalized spacial score (nSPS) is 24.6. The summed E-state index contributed by atoms with van der Waals surface area (Å²) in [4.78, 5) is 16.6. The lowest BCUT2D eigenvalue weighted by Crippen LogP contribution is -2.39. The fraction of sp³-hybridized carbons (Fsp3) is 0.444. The van der Waals surface area contributed by atoms with Crippen LogP contribution in [0.1, 0.15) is 32.1 Å². The maximum atomic E-state index is 12.6. The number of fused-ring (bicyclic) bond motifs is 1. The van der Waals surface area contributed by atoms with Crippen LogP contribution < -0.4 is 10.6 Å². The van der Waals surface area contributed by atoms with Gasteiger partial charge in [-0.25, -0.2) is 4.98 Å². The van der Waals surface area contributed by atoms with Gasteiger partial charge in [0.05, 0.1) is 12.4 Å². The number of nitrogens with zero attached hydrogens (tertiary/aromatic N) is 2. The Morgan fingerprint density at radius 3 is 2.84 bits per heavy atom. The number of aromatic nitrogens is 2. The summed E-state index contributed by atoms with van der Waals surface area (Å²) in [6.07, 6.45) is 11.4. The minimum Gasteiger partial charge on any atom is -0.325 e. The molecule has 25 heavy (non-hydrogen) atoms. The van der Waals surface area contributed by atoms with Crippen molar-refractivity contribution in [2.75, 3.05) is 5.32 Å². The Bertz CT molecular complexity index is 678. The molecule has 2 aliphatic rings. The zero-order chi connectivity index (χ0) is 15.6. The molecule has 0 spiro atoms. The highest BCUT2D eigenvalue weighted by atomic mass is 35.5. The van der Waals surface area contributed by atoms with Crippen LogP contribution in [0.15, 0.2) is 43.0 Å². The SMILES string of the molecule is Cl.Cl.O=C(Nc1cccc(-n2ccnc2)c1)C1CC2CCCCC2N1. The van der Waals surface area contributed by atoms with Crippen LogP contribution in [0.3, 0.4) is 0 Å². The van der Waals surface area contributed by atoms with Crippen molar-refractivity contribution in [1.29, 1.82) is 0 Å². The quantitative estimate of drug-likeness (QED) is 0.852. The van der Waals surface area contributed by atoms with Gasteiger partial charge in [0.15, 0.2) is 0 Å². The number of amides is 1. The van der Waals surface area contributed by atoms with E-state index in [0.717, 1.165) is 17.8 Å². The summed E-state index contributed by atoms with van der Waals surface area (Å²) in [5, 5.41) is 6.59. The third-order valence-electron chi connectivity index (χ3n) is 5.10. The van der Waals surface area contributed by atoms with Gasteiger partial charge in [-0.3, -0.25) is 4.79 Å². The highest BCUT2D eigenvalue weighted by molar-refractivity contribution is 5.95. The second-order valence-corrected chi connectivity index (χ2v) is 6.62. The number of imidazole rings is 1. The van der Waals surface area contributed by atoms with Crippen molar-refractivity contribution in [3.63, 3.8) is 0 Å². The molecular formula is C18H24Cl2N4O. The van der Waals surface area contributed by atoms with Crippen molar-refractivity contribution in [2.45, 2.75) is 44.2 Å². The molecular weight excluding hydrogens is 359 g/mol. The first-order valence-corrected chi connectivity index (χ1v) is 8.45. The van der Waals surface area contributed by atoms with Crippen LogP contribution in [-0.4, -0.2) is 27.5 Å². The summed E-state index contributed by atoms with van der Waals surface area (Å²) in [6.45, 7) is 0. The van der Waals surface area contributed by atoms with E-state index >= 15 is 0 Å². The number of carbonyl (C=O) groups is 1. The molecule has 2 fully saturated rings. The van der Waals surface area contributed by atoms with E-state index in [1.165, 1.54) is 25.7 Å². The van der Waals surface area contributed by atoms with Crippen LogP contribution >= 0.6 is 24.8 Å². The smallest absolute Gasteiger partial charge is 0.241 e. The topological polar surface area (TPSA) is 59.0 Å². The van der Waals surface area contributed by atoms with E-state index in [9.17, 15) is 4.79 Å². The summed E-state index contributed by atoms with van der Waals surface area (Å²) in [6, 6.07) is 8.34. The molecule has 0 bridgehead atoms. The van der Waals surface area contributed by atoms with Crippen molar-refractivity contribution >= 4 is 36.4 Å². The third-order valence-corrected chi connectivity index (χ3v) is 5.10. The largest absolute Gasteiger partial charge is 0.325 e. The summed E-state index contributed by atoms with van der Waals surface area (Å²) in [5.41, 5.74) is 1.83. The Morgan fingerprint density at radius 2 is 2.08 bits per heavy atom. The molecule has 5 nitrogen and oxygen atoms in total. The molecule has 2 N–H and O–H groups in total. The van der Waals surface area contributed by atoms with E-state index in [0.29, 0.717) is 12.0 Å². The molecule has 1 aromatic heterocycles. The van der Waals surface area contributed by atoms with Crippen molar-refractivity contribution in [3.8, 4) is 5.69 Å². The maximum Gasteiger partial charge on any atom is 0.241 e. The molecule has 4 rings (SSSR count). The summed E-state index contributed by atoms with van der Waals surface area (Å²) in [5.74, 6) is 0.763. The average molecular weight is 383 g/mol. The minimum absolute atomic E-state index is 0. The predicted octanol–water partition coefficient (Wildman–Crippen LogP) is 3.58. The predicted molar refractivity (Wildman–Crippen MR) is 104 cm³/mol. The van der Waals surface area contributed by atoms with Gasteiger partial charge in [-0.1, -0.05) is 18.9 Å². The number of rotatable bonds is 3. The lowest BCUT2D eigenvalue weighted by molar-refractivity contribution is -0.117. The molecule has 2 heterocycles. The molecule has 3 atom stereocenters. The monoisotopic (exact) mass is 382 g/mol. The molecule has 1 saturated heterocycles. The number of hydrogen-bond acceptors (Lipinski definition) is 3. The molecule has 1 aliphatic heterocycles. The first kappa shape index (κ1) is 19.8. The van der Waals surface area contributed by atoms with E-state index in [2.05, 4.69) is 15.6 Å². The maximum absolute atomic E-state index is 12.6. The molecule has 1 aromatic carbocycles. The van der Waals surface area contributed by atoms with E-state index in [1.807, 2.05) is 35.0 Å². The number of halogens is 2. The Kier molecular flexibility index (Phi) is 6.87. The Morgan fingerprint density at radius 1 is 1.24 bits per heavy atom. The van der Waals surface area contributed by atoms with Gasteiger partial charge in [0, 0.05) is 29.8 Å². The second kappa shape index (κ2) is 8.70. The van der Waals surface area contributed by atoms with Crippen LogP contribution in [0.2, 0.25) is 0 Å². The van der Waals surface area contributed by atoms with Crippen LogP contribution in [0.25, 0.3) is 5.69 Å². The Labute approximate surface area is 160 Å². The molecule has 136 valence electrons. The highest BCUT2D eigenvalue weighted by Crippen LogP contribution is 2.33. The molecule has 3 unspecified atom stereocenters. The van der Waals surface area contributed by atoms with E-state index in [-0.39, 0.29) is 36.8 Å². The molecule has 2 aromatic rings. The second-order valence-electron chi connectivity index (χ2n) is 6.62. The van der Waals surface area contributed by atoms with Gasteiger partial charge in [-0.15, -0.1) is 24.8 Å². The lowest BCUT2D eigenvalue weighted by atomic mass is 9.85. The molecule has 0 radical (unpaired) electrons. The first-order chi connectivity index (χ1) is 11.3. The van der Waals surface area contributed by atoms with Gasteiger partial charge >= 0.3 is 0 Å². The van der Waals surface area contributed by atoms with Crippen LogP contribution in [0, 0.1) is 5.92 Å². The zero-order valence-electron chi connectivity index (χ0n) is 13.9. The zero-order valence-corrected chi connectivity index (χ0v) is 15.6. The third kappa shape index (κ3) is 4.35. The molecule has 7 heteroatoms. The highest BCUT2D eigenvalue weighted by Gasteiger charge is 2.38. The van der Waals surface area contributed by atoms with Gasteiger partial charge in [0.2, 0.25) is 5.91 Å². The fourth-order valence-electron chi connectivity index (χ4n) is 3.91. The Hall–Kier alpha value is -1.56. The number of hydrogen-bond donors (Lipinski definition) is 2. The minimum atomic E-state index is -0.0556. The van der Waals surface area contributed by atoms with E-state index in [1.54, 1.807) is 12.5 Å². The van der Waals surface area contributed by atoms with Gasteiger partial charge in [-0.2, -0.15) is 0 Å². The van der Waals surface area contributed by atoms with Crippen LogP contribution in [0.5, 0.6) is 0 Å². The van der Waals surface area contributed by atoms with Crippen LogP contribution in [-0.2, 0) is 4.79 Å². The van der Waals surface area contributed by atoms with Crippen LogP contribution in [0.4, 0.5) is 5.69 Å². The van der Waals surface area contributed by atoms with Gasteiger partial charge in [0.1, 0.15) is 0 Å².